The monoisotopic (exact) mass is 715 g/mol. The van der Waals surface area contributed by atoms with E-state index >= 15 is 0 Å². The van der Waals surface area contributed by atoms with Crippen molar-refractivity contribution in [2.24, 2.45) is 0 Å². The van der Waals surface area contributed by atoms with Crippen LogP contribution in [0.2, 0.25) is 5.02 Å². The number of alkyl halides is 3. The normalized spacial score (nSPS) is 18.8. The Kier molecular flexibility index (Phi) is 8.43. The lowest BCUT2D eigenvalue weighted by molar-refractivity contribution is -0.137. The molecule has 3 aliphatic heterocycles. The lowest BCUT2D eigenvalue weighted by Gasteiger charge is -2.39. The number of benzene rings is 1. The molecule has 0 saturated carbocycles. The van der Waals surface area contributed by atoms with Crippen molar-refractivity contribution in [3.8, 4) is 5.75 Å². The van der Waals surface area contributed by atoms with Crippen LogP contribution in [-0.4, -0.2) is 72.3 Å². The fourth-order valence-electron chi connectivity index (χ4n) is 6.68. The zero-order valence-corrected chi connectivity index (χ0v) is 27.5. The molecule has 6 heterocycles. The van der Waals surface area contributed by atoms with Crippen LogP contribution in [0.15, 0.2) is 47.4 Å². The van der Waals surface area contributed by atoms with Crippen LogP contribution in [-0.2, 0) is 27.0 Å². The van der Waals surface area contributed by atoms with Crippen molar-refractivity contribution in [3.05, 3.63) is 86.3 Å². The van der Waals surface area contributed by atoms with E-state index in [4.69, 9.17) is 21.3 Å². The third kappa shape index (κ3) is 5.95. The number of carbonyl (C=O) groups excluding carboxylic acids is 2. The smallest absolute Gasteiger partial charge is 0.416 e. The molecule has 3 aliphatic rings. The van der Waals surface area contributed by atoms with Crippen molar-refractivity contribution in [1.82, 2.24) is 29.0 Å². The minimum atomic E-state index is -4.60. The second kappa shape index (κ2) is 12.5. The first-order valence-electron chi connectivity index (χ1n) is 15.4. The highest BCUT2D eigenvalue weighted by atomic mass is 35.5. The van der Waals surface area contributed by atoms with Gasteiger partial charge in [0.15, 0.2) is 11.5 Å². The van der Waals surface area contributed by atoms with Crippen molar-refractivity contribution < 1.29 is 32.6 Å². The largest absolute Gasteiger partial charge is 0.505 e. The second-order valence-electron chi connectivity index (χ2n) is 12.0. The van der Waals surface area contributed by atoms with Crippen LogP contribution >= 0.6 is 23.4 Å². The maximum atomic E-state index is 14.4. The third-order valence-electron chi connectivity index (χ3n) is 9.00. The van der Waals surface area contributed by atoms with Crippen LogP contribution in [0.5, 0.6) is 5.75 Å². The zero-order chi connectivity index (χ0) is 34.7. The van der Waals surface area contributed by atoms with E-state index in [1.165, 1.54) is 22.8 Å². The molecule has 0 radical (unpaired) electrons. The van der Waals surface area contributed by atoms with Gasteiger partial charge in [-0.2, -0.15) is 22.7 Å². The van der Waals surface area contributed by atoms with E-state index in [-0.39, 0.29) is 58.4 Å². The summed E-state index contributed by atoms with van der Waals surface area (Å²) in [7, 11) is 0. The number of carbonyl (C=O) groups is 2. The molecule has 49 heavy (non-hydrogen) atoms. The summed E-state index contributed by atoms with van der Waals surface area (Å²) in [4.78, 5) is 51.5. The van der Waals surface area contributed by atoms with Gasteiger partial charge in [-0.3, -0.25) is 14.4 Å². The molecular weight excluding hydrogens is 687 g/mol. The number of nitrogens with one attached hydrogen (secondary N) is 1. The Hall–Kier alpha value is -4.41. The van der Waals surface area contributed by atoms with Crippen molar-refractivity contribution in [2.75, 3.05) is 31.6 Å². The Balaban J connectivity index is 1.26. The van der Waals surface area contributed by atoms with Crippen molar-refractivity contribution in [2.45, 2.75) is 48.9 Å². The molecule has 7 rings (SSSR count). The standard InChI is InChI=1S/C32H29ClF3N7O5S/c1-17-26-24(31(49-17)8-11-41(12-9-31)29(47)25-22(44)3-2-10-37-25)28(46)43-30(39-27(40-43)18-6-13-48-14-7-18)42(26)16-23(45)38-21-5-4-19(15-20(21)33)32(34,35)36/h2-6,10,15,17,44H,7-9,11-14,16H2,1H3,(H,38,45). The number of aromatic nitrogens is 5. The summed E-state index contributed by atoms with van der Waals surface area (Å²) in [5, 5.41) is 16.8. The number of thioether (sulfide) groups is 1. The van der Waals surface area contributed by atoms with Gasteiger partial charge in [-0.1, -0.05) is 17.7 Å². The molecule has 2 N–H and O–H groups in total. The van der Waals surface area contributed by atoms with E-state index < -0.39 is 28.3 Å². The molecule has 256 valence electrons. The molecule has 0 aliphatic carbocycles. The SMILES string of the molecule is CC1SC2(CCN(C(=O)c3ncccc3O)CC2)c2c1n(CC(=O)Nc1ccc(C(F)(F)F)cc1Cl)c1nc(C3=CCOCC3)nn1c2=O. The summed E-state index contributed by atoms with van der Waals surface area (Å²) in [6, 6.07) is 5.60. The number of nitrogens with zero attached hydrogens (tertiary/aromatic N) is 6. The molecule has 17 heteroatoms. The molecule has 1 fully saturated rings. The lowest BCUT2D eigenvalue weighted by atomic mass is 9.87. The Morgan fingerprint density at radius 2 is 2.00 bits per heavy atom. The van der Waals surface area contributed by atoms with Crippen LogP contribution < -0.4 is 10.9 Å². The van der Waals surface area contributed by atoms with Gasteiger partial charge in [0.2, 0.25) is 11.7 Å². The van der Waals surface area contributed by atoms with E-state index in [1.54, 1.807) is 21.2 Å². The number of rotatable bonds is 5. The average Bonchev–Trinajstić information content (AvgIpc) is 3.64. The summed E-state index contributed by atoms with van der Waals surface area (Å²) in [5.74, 6) is -0.763. The first-order chi connectivity index (χ1) is 23.4. The molecule has 1 atom stereocenters. The van der Waals surface area contributed by atoms with E-state index in [0.29, 0.717) is 49.6 Å². The van der Waals surface area contributed by atoms with Crippen LogP contribution in [0, 0.1) is 0 Å². The molecule has 12 nitrogen and oxygen atoms in total. The topological polar surface area (TPSA) is 144 Å². The highest BCUT2D eigenvalue weighted by Gasteiger charge is 2.50. The van der Waals surface area contributed by atoms with E-state index in [0.717, 1.165) is 23.8 Å². The molecule has 1 saturated heterocycles. The molecule has 2 amide bonds. The number of pyridine rings is 1. The first-order valence-corrected chi connectivity index (χ1v) is 16.7. The minimum absolute atomic E-state index is 0.00206. The number of aromatic hydroxyl groups is 1. The van der Waals surface area contributed by atoms with Gasteiger partial charge < -0.3 is 24.6 Å². The van der Waals surface area contributed by atoms with Crippen LogP contribution in [0.3, 0.4) is 0 Å². The van der Waals surface area contributed by atoms with Crippen LogP contribution in [0.4, 0.5) is 18.9 Å². The Bertz CT molecular complexity index is 2090. The van der Waals surface area contributed by atoms with E-state index in [2.05, 4.69) is 15.4 Å². The summed E-state index contributed by atoms with van der Waals surface area (Å²) in [5.41, 5.74) is 0.460. The number of piperidine rings is 1. The summed E-state index contributed by atoms with van der Waals surface area (Å²) in [6.07, 6.45) is 0.0168. The number of halogens is 4. The Morgan fingerprint density at radius 3 is 2.67 bits per heavy atom. The molecule has 3 aromatic heterocycles. The van der Waals surface area contributed by atoms with Gasteiger partial charge in [-0.25, -0.2) is 4.98 Å². The van der Waals surface area contributed by atoms with Gasteiger partial charge >= 0.3 is 6.18 Å². The highest BCUT2D eigenvalue weighted by molar-refractivity contribution is 8.00. The predicted octanol–water partition coefficient (Wildman–Crippen LogP) is 5.05. The van der Waals surface area contributed by atoms with E-state index in [9.17, 15) is 32.7 Å². The first kappa shape index (κ1) is 33.1. The van der Waals surface area contributed by atoms with Gasteiger partial charge in [-0.05, 0) is 62.1 Å². The number of hydrogen-bond donors (Lipinski definition) is 2. The van der Waals surface area contributed by atoms with Crippen LogP contribution in [0.1, 0.15) is 64.6 Å². The number of ether oxygens (including phenoxy) is 1. The van der Waals surface area contributed by atoms with Crippen molar-refractivity contribution in [1.29, 1.82) is 0 Å². The third-order valence-corrected chi connectivity index (χ3v) is 11.0. The maximum Gasteiger partial charge on any atom is 0.416 e. The zero-order valence-electron chi connectivity index (χ0n) is 26.0. The highest BCUT2D eigenvalue weighted by Crippen LogP contribution is 2.58. The fourth-order valence-corrected chi connectivity index (χ4v) is 8.66. The number of anilines is 1. The van der Waals surface area contributed by atoms with Gasteiger partial charge in [0, 0.05) is 30.2 Å². The molecule has 1 aromatic carbocycles. The van der Waals surface area contributed by atoms with Gasteiger partial charge in [0.25, 0.3) is 11.5 Å². The second-order valence-corrected chi connectivity index (χ2v) is 14.1. The van der Waals surface area contributed by atoms with E-state index in [1.807, 2.05) is 13.0 Å². The molecular formula is C32H29ClF3N7O5S. The molecule has 0 bridgehead atoms. The Morgan fingerprint density at radius 1 is 1.22 bits per heavy atom. The van der Waals surface area contributed by atoms with Gasteiger partial charge in [0.1, 0.15) is 12.3 Å². The fraction of sp³-hybridized carbons (Fsp3) is 0.375. The lowest BCUT2D eigenvalue weighted by Crippen LogP contribution is -2.45. The summed E-state index contributed by atoms with van der Waals surface area (Å²) in [6.45, 7) is 2.98. The van der Waals surface area contributed by atoms with Gasteiger partial charge in [0.05, 0.1) is 39.8 Å². The number of amides is 2. The Labute approximate surface area is 285 Å². The number of likely N-dealkylation sites (tertiary alicyclic amines) is 1. The van der Waals surface area contributed by atoms with Crippen LogP contribution in [0.25, 0.3) is 11.4 Å². The maximum absolute atomic E-state index is 14.4. The number of fused-ring (bicyclic) bond motifs is 3. The summed E-state index contributed by atoms with van der Waals surface area (Å²) < 4.78 is 47.1. The minimum Gasteiger partial charge on any atom is -0.505 e. The summed E-state index contributed by atoms with van der Waals surface area (Å²) >= 11 is 7.69. The van der Waals surface area contributed by atoms with Gasteiger partial charge in [-0.15, -0.1) is 16.9 Å². The molecule has 1 spiro atoms. The van der Waals surface area contributed by atoms with Crippen molar-refractivity contribution >= 4 is 52.2 Å². The average molecular weight is 716 g/mol. The van der Waals surface area contributed by atoms with Crippen molar-refractivity contribution in [3.63, 3.8) is 0 Å². The number of hydrogen-bond acceptors (Lipinski definition) is 9. The predicted molar refractivity (Wildman–Crippen MR) is 174 cm³/mol. The molecule has 4 aromatic rings. The molecule has 1 unspecified atom stereocenters. The quantitative estimate of drug-likeness (QED) is 0.290.